The van der Waals surface area contributed by atoms with Crippen molar-refractivity contribution in [2.45, 2.75) is 50.6 Å². The van der Waals surface area contributed by atoms with Crippen molar-refractivity contribution in [1.82, 2.24) is 10.0 Å². The van der Waals surface area contributed by atoms with Gasteiger partial charge in [0.2, 0.25) is 10.0 Å². The summed E-state index contributed by atoms with van der Waals surface area (Å²) in [6, 6.07) is 5.84. The fourth-order valence-corrected chi connectivity index (χ4v) is 4.32. The summed E-state index contributed by atoms with van der Waals surface area (Å²) in [5.41, 5.74) is 0.968. The Labute approximate surface area is 135 Å². The third-order valence-electron chi connectivity index (χ3n) is 3.79. The van der Waals surface area contributed by atoms with E-state index in [2.05, 4.69) is 39.8 Å². The van der Waals surface area contributed by atoms with Crippen molar-refractivity contribution in [3.63, 3.8) is 0 Å². The minimum absolute atomic E-state index is 0.324. The Morgan fingerprint density at radius 2 is 2.05 bits per heavy atom. The summed E-state index contributed by atoms with van der Waals surface area (Å²) in [5, 5.41) is 3.30. The van der Waals surface area contributed by atoms with Gasteiger partial charge < -0.3 is 5.32 Å². The number of sulfonamides is 1. The van der Waals surface area contributed by atoms with E-state index in [0.717, 1.165) is 18.4 Å². The third-order valence-corrected chi connectivity index (χ3v) is 6.20. The molecule has 1 aliphatic carbocycles. The molecular weight excluding hydrogens is 352 g/mol. The van der Waals surface area contributed by atoms with Crippen LogP contribution in [-0.2, 0) is 16.6 Å². The van der Waals surface area contributed by atoms with Crippen molar-refractivity contribution >= 4 is 26.0 Å². The van der Waals surface area contributed by atoms with Crippen LogP contribution in [-0.4, -0.2) is 21.0 Å². The topological polar surface area (TPSA) is 58.2 Å². The van der Waals surface area contributed by atoms with E-state index in [1.54, 1.807) is 12.1 Å². The quantitative estimate of drug-likeness (QED) is 0.770. The lowest BCUT2D eigenvalue weighted by molar-refractivity contribution is 0.316. The number of rotatable bonds is 7. The molecular formula is C15H23BrN2O2S. The maximum absolute atomic E-state index is 12.4. The van der Waals surface area contributed by atoms with Crippen molar-refractivity contribution in [2.75, 3.05) is 6.54 Å². The van der Waals surface area contributed by atoms with Crippen molar-refractivity contribution < 1.29 is 8.42 Å². The van der Waals surface area contributed by atoms with Crippen LogP contribution in [0.1, 0.15) is 38.7 Å². The van der Waals surface area contributed by atoms with Crippen LogP contribution in [0.25, 0.3) is 0 Å². The molecule has 1 fully saturated rings. The molecule has 118 valence electrons. The molecule has 0 unspecified atom stereocenters. The Bertz CT molecular complexity index is 583. The van der Waals surface area contributed by atoms with E-state index in [1.807, 2.05) is 6.07 Å². The van der Waals surface area contributed by atoms with E-state index in [4.69, 9.17) is 0 Å². The van der Waals surface area contributed by atoms with Crippen molar-refractivity contribution in [1.29, 1.82) is 0 Å². The lowest BCUT2D eigenvalue weighted by atomic mass is 9.86. The second-order valence-electron chi connectivity index (χ2n) is 5.95. The lowest BCUT2D eigenvalue weighted by Gasteiger charge is -2.25. The fourth-order valence-electron chi connectivity index (χ4n) is 2.19. The number of nitrogens with one attached hydrogen (secondary N) is 2. The Morgan fingerprint density at radius 3 is 2.62 bits per heavy atom. The van der Waals surface area contributed by atoms with E-state index in [-0.39, 0.29) is 0 Å². The van der Waals surface area contributed by atoms with Gasteiger partial charge in [-0.25, -0.2) is 13.1 Å². The van der Waals surface area contributed by atoms with E-state index in [0.29, 0.717) is 34.4 Å². The molecule has 21 heavy (non-hydrogen) atoms. The van der Waals surface area contributed by atoms with Crippen LogP contribution in [0.5, 0.6) is 0 Å². The number of benzene rings is 1. The zero-order valence-electron chi connectivity index (χ0n) is 12.5. The summed E-state index contributed by atoms with van der Waals surface area (Å²) in [7, 11) is -3.45. The third kappa shape index (κ3) is 4.77. The van der Waals surface area contributed by atoms with Gasteiger partial charge >= 0.3 is 0 Å². The first kappa shape index (κ1) is 16.9. The van der Waals surface area contributed by atoms with Gasteiger partial charge in [0.15, 0.2) is 0 Å². The van der Waals surface area contributed by atoms with Crippen molar-refractivity contribution in [3.8, 4) is 0 Å². The van der Waals surface area contributed by atoms with Crippen molar-refractivity contribution in [2.24, 2.45) is 5.92 Å². The lowest BCUT2D eigenvalue weighted by Crippen LogP contribution is -2.32. The van der Waals surface area contributed by atoms with Gasteiger partial charge in [-0.1, -0.05) is 26.3 Å². The number of hydrogen-bond donors (Lipinski definition) is 2. The van der Waals surface area contributed by atoms with Gasteiger partial charge in [0.1, 0.15) is 0 Å². The number of hydrogen-bond acceptors (Lipinski definition) is 3. The predicted octanol–water partition coefficient (Wildman–Crippen LogP) is 3.03. The van der Waals surface area contributed by atoms with Gasteiger partial charge in [-0.2, -0.15) is 0 Å². The van der Waals surface area contributed by atoms with Gasteiger partial charge in [-0.05, 0) is 52.4 Å². The van der Waals surface area contributed by atoms with Gasteiger partial charge in [0.05, 0.1) is 4.90 Å². The molecule has 0 amide bonds. The van der Waals surface area contributed by atoms with Gasteiger partial charge in [-0.3, -0.25) is 0 Å². The highest BCUT2D eigenvalue weighted by Crippen LogP contribution is 2.27. The molecule has 2 rings (SSSR count). The molecule has 0 radical (unpaired) electrons. The molecule has 1 aromatic carbocycles. The highest BCUT2D eigenvalue weighted by Gasteiger charge is 2.23. The molecule has 0 aromatic heterocycles. The molecule has 2 N–H and O–H groups in total. The maximum atomic E-state index is 12.4. The van der Waals surface area contributed by atoms with E-state index >= 15 is 0 Å². The highest BCUT2D eigenvalue weighted by atomic mass is 79.9. The predicted molar refractivity (Wildman–Crippen MR) is 88.6 cm³/mol. The Kier molecular flexibility index (Phi) is 5.82. The summed E-state index contributed by atoms with van der Waals surface area (Å²) in [4.78, 5) is 0.324. The first-order valence-electron chi connectivity index (χ1n) is 7.40. The average molecular weight is 375 g/mol. The SMILES string of the molecule is CC(C)NCc1ccc(Br)c(S(=O)(=O)NCC2CCC2)c1. The molecule has 6 heteroatoms. The van der Waals surface area contributed by atoms with Crippen LogP contribution in [0.2, 0.25) is 0 Å². The minimum atomic E-state index is -3.45. The van der Waals surface area contributed by atoms with Gasteiger partial charge in [-0.15, -0.1) is 0 Å². The smallest absolute Gasteiger partial charge is 0.241 e. The van der Waals surface area contributed by atoms with Crippen LogP contribution in [0.4, 0.5) is 0 Å². The summed E-state index contributed by atoms with van der Waals surface area (Å²) in [5.74, 6) is 0.504. The highest BCUT2D eigenvalue weighted by molar-refractivity contribution is 9.10. The Morgan fingerprint density at radius 1 is 1.33 bits per heavy atom. The summed E-state index contributed by atoms with van der Waals surface area (Å²) >= 11 is 3.34. The average Bonchev–Trinajstić information content (AvgIpc) is 2.35. The molecule has 1 aromatic rings. The van der Waals surface area contributed by atoms with Crippen LogP contribution in [0.3, 0.4) is 0 Å². The molecule has 0 aliphatic heterocycles. The van der Waals surface area contributed by atoms with Crippen LogP contribution >= 0.6 is 15.9 Å². The molecule has 0 bridgehead atoms. The summed E-state index contributed by atoms with van der Waals surface area (Å²) in [6.45, 7) is 5.34. The van der Waals surface area contributed by atoms with Crippen LogP contribution in [0, 0.1) is 5.92 Å². The number of halogens is 1. The van der Waals surface area contributed by atoms with Gasteiger partial charge in [0.25, 0.3) is 0 Å². The molecule has 0 spiro atoms. The molecule has 0 saturated heterocycles. The zero-order valence-corrected chi connectivity index (χ0v) is 14.9. The first-order valence-corrected chi connectivity index (χ1v) is 9.67. The van der Waals surface area contributed by atoms with Gasteiger partial charge in [0, 0.05) is 23.6 Å². The first-order chi connectivity index (χ1) is 9.88. The van der Waals surface area contributed by atoms with Crippen LogP contribution in [0.15, 0.2) is 27.6 Å². The Hall–Kier alpha value is -0.430. The summed E-state index contributed by atoms with van der Waals surface area (Å²) in [6.07, 6.45) is 3.47. The van der Waals surface area contributed by atoms with E-state index in [9.17, 15) is 8.42 Å². The maximum Gasteiger partial charge on any atom is 0.241 e. The molecule has 0 atom stereocenters. The van der Waals surface area contributed by atoms with E-state index in [1.165, 1.54) is 6.42 Å². The monoisotopic (exact) mass is 374 g/mol. The zero-order chi connectivity index (χ0) is 15.5. The minimum Gasteiger partial charge on any atom is -0.310 e. The normalized spacial score (nSPS) is 16.2. The fraction of sp³-hybridized carbons (Fsp3) is 0.600. The largest absolute Gasteiger partial charge is 0.310 e. The van der Waals surface area contributed by atoms with E-state index < -0.39 is 10.0 Å². The molecule has 0 heterocycles. The van der Waals surface area contributed by atoms with Crippen molar-refractivity contribution in [3.05, 3.63) is 28.2 Å². The Balaban J connectivity index is 2.10. The second kappa shape index (κ2) is 7.22. The van der Waals surface area contributed by atoms with Crippen LogP contribution < -0.4 is 10.0 Å². The molecule has 1 saturated carbocycles. The standard InChI is InChI=1S/C15H23BrN2O2S/c1-11(2)17-9-13-6-7-14(16)15(8-13)21(19,20)18-10-12-4-3-5-12/h6-8,11-12,17-18H,3-5,9-10H2,1-2H3. The molecule has 1 aliphatic rings. The molecule has 4 nitrogen and oxygen atoms in total. The second-order valence-corrected chi connectivity index (χ2v) is 8.54. The summed E-state index contributed by atoms with van der Waals surface area (Å²) < 4.78 is 28.2.